The lowest BCUT2D eigenvalue weighted by molar-refractivity contribution is -0.383. The van der Waals surface area contributed by atoms with Crippen LogP contribution in [0.1, 0.15) is 12.0 Å². The van der Waals surface area contributed by atoms with E-state index in [1.54, 1.807) is 18.0 Å². The van der Waals surface area contributed by atoms with Gasteiger partial charge in [0.25, 0.3) is 0 Å². The number of nitrogens with zero attached hydrogens (tertiary/aromatic N) is 5. The molecule has 0 amide bonds. The van der Waals surface area contributed by atoms with Gasteiger partial charge >= 0.3 is 5.69 Å². The second-order valence-electron chi connectivity index (χ2n) is 6.23. The highest BCUT2D eigenvalue weighted by Gasteiger charge is 2.29. The summed E-state index contributed by atoms with van der Waals surface area (Å²) in [7, 11) is 1.75. The second kappa shape index (κ2) is 8.18. The SMILES string of the molecule is C=CCN(C)c1ncnc(N2CC=C(c3ccc(Cl)cc3)CC2)c1[N+](=O)[O-]. The molecule has 0 fully saturated rings. The minimum absolute atomic E-state index is 0.0785. The molecule has 0 spiro atoms. The first-order valence-electron chi connectivity index (χ1n) is 8.52. The second-order valence-corrected chi connectivity index (χ2v) is 6.66. The molecule has 3 rings (SSSR count). The van der Waals surface area contributed by atoms with Gasteiger partial charge in [-0.3, -0.25) is 10.1 Å². The predicted molar refractivity (Wildman–Crippen MR) is 108 cm³/mol. The Balaban J connectivity index is 1.89. The monoisotopic (exact) mass is 385 g/mol. The standard InChI is InChI=1S/C19H20ClN5O2/c1-3-10-23(2)18-17(25(26)27)19(22-13-21-18)24-11-8-15(9-12-24)14-4-6-16(20)7-5-14/h3-8,13H,1,9-12H2,2H3. The Morgan fingerprint density at radius 3 is 2.70 bits per heavy atom. The number of hydrogen-bond acceptors (Lipinski definition) is 6. The van der Waals surface area contributed by atoms with Crippen LogP contribution in [0.2, 0.25) is 5.02 Å². The minimum atomic E-state index is -0.414. The molecule has 1 aliphatic rings. The number of halogens is 1. The Bertz CT molecular complexity index is 882. The molecule has 0 atom stereocenters. The highest BCUT2D eigenvalue weighted by molar-refractivity contribution is 6.30. The lowest BCUT2D eigenvalue weighted by Crippen LogP contribution is -2.30. The van der Waals surface area contributed by atoms with E-state index in [0.717, 1.165) is 12.0 Å². The van der Waals surface area contributed by atoms with Gasteiger partial charge in [0.15, 0.2) is 0 Å². The molecule has 2 heterocycles. The van der Waals surface area contributed by atoms with Crippen LogP contribution in [-0.4, -0.2) is 41.6 Å². The van der Waals surface area contributed by atoms with Crippen LogP contribution in [0, 0.1) is 10.1 Å². The summed E-state index contributed by atoms with van der Waals surface area (Å²) in [5.41, 5.74) is 2.23. The van der Waals surface area contributed by atoms with Gasteiger partial charge in [-0.25, -0.2) is 9.97 Å². The maximum Gasteiger partial charge on any atom is 0.353 e. The Kier molecular flexibility index (Phi) is 5.71. The largest absolute Gasteiger partial charge is 0.353 e. The highest BCUT2D eigenvalue weighted by Crippen LogP contribution is 2.35. The molecule has 0 bridgehead atoms. The Hall–Kier alpha value is -2.93. The van der Waals surface area contributed by atoms with E-state index in [9.17, 15) is 10.1 Å². The normalized spacial score (nSPS) is 13.9. The fraction of sp³-hybridized carbons (Fsp3) is 0.263. The first-order chi connectivity index (χ1) is 13.0. The zero-order valence-corrected chi connectivity index (χ0v) is 15.8. The molecule has 0 N–H and O–H groups in total. The van der Waals surface area contributed by atoms with E-state index in [1.807, 2.05) is 29.2 Å². The molecular weight excluding hydrogens is 366 g/mol. The van der Waals surface area contributed by atoms with Crippen molar-refractivity contribution in [2.75, 3.05) is 36.5 Å². The molecule has 27 heavy (non-hydrogen) atoms. The van der Waals surface area contributed by atoms with Gasteiger partial charge < -0.3 is 9.80 Å². The maximum absolute atomic E-state index is 11.7. The van der Waals surface area contributed by atoms with Crippen LogP contribution in [0.25, 0.3) is 5.57 Å². The zero-order valence-electron chi connectivity index (χ0n) is 15.0. The molecule has 140 valence electrons. The van der Waals surface area contributed by atoms with Crippen LogP contribution in [0.15, 0.2) is 49.3 Å². The van der Waals surface area contributed by atoms with Crippen LogP contribution in [0.3, 0.4) is 0 Å². The van der Waals surface area contributed by atoms with Crippen molar-refractivity contribution < 1.29 is 4.92 Å². The third-order valence-corrected chi connectivity index (χ3v) is 4.71. The number of rotatable bonds is 6. The first-order valence-corrected chi connectivity index (χ1v) is 8.90. The number of nitro groups is 1. The van der Waals surface area contributed by atoms with Crippen molar-refractivity contribution in [1.29, 1.82) is 0 Å². The average Bonchev–Trinajstić information content (AvgIpc) is 2.68. The van der Waals surface area contributed by atoms with Gasteiger partial charge in [0.05, 0.1) is 4.92 Å². The van der Waals surface area contributed by atoms with E-state index in [1.165, 1.54) is 11.9 Å². The summed E-state index contributed by atoms with van der Waals surface area (Å²) in [6, 6.07) is 7.70. The molecule has 8 heteroatoms. The smallest absolute Gasteiger partial charge is 0.350 e. The number of hydrogen-bond donors (Lipinski definition) is 0. The predicted octanol–water partition coefficient (Wildman–Crippen LogP) is 3.95. The minimum Gasteiger partial charge on any atom is -0.350 e. The van der Waals surface area contributed by atoms with Crippen molar-refractivity contribution in [1.82, 2.24) is 9.97 Å². The third-order valence-electron chi connectivity index (χ3n) is 4.45. The van der Waals surface area contributed by atoms with Crippen molar-refractivity contribution >= 4 is 34.5 Å². The highest BCUT2D eigenvalue weighted by atomic mass is 35.5. The van der Waals surface area contributed by atoms with E-state index in [4.69, 9.17) is 11.6 Å². The lowest BCUT2D eigenvalue weighted by atomic mass is 9.99. The number of benzene rings is 1. The summed E-state index contributed by atoms with van der Waals surface area (Å²) in [6.07, 6.45) is 5.88. The van der Waals surface area contributed by atoms with Crippen LogP contribution in [-0.2, 0) is 0 Å². The fourth-order valence-corrected chi connectivity index (χ4v) is 3.23. The zero-order chi connectivity index (χ0) is 19.4. The molecule has 1 aromatic carbocycles. The first kappa shape index (κ1) is 18.8. The number of anilines is 2. The fourth-order valence-electron chi connectivity index (χ4n) is 3.10. The molecule has 1 aromatic heterocycles. The average molecular weight is 386 g/mol. The lowest BCUT2D eigenvalue weighted by Gasteiger charge is -2.28. The van der Waals surface area contributed by atoms with Crippen molar-refractivity contribution in [2.45, 2.75) is 6.42 Å². The molecule has 1 aliphatic heterocycles. The van der Waals surface area contributed by atoms with Crippen molar-refractivity contribution in [2.24, 2.45) is 0 Å². The Morgan fingerprint density at radius 2 is 2.11 bits per heavy atom. The molecule has 2 aromatic rings. The summed E-state index contributed by atoms with van der Waals surface area (Å²) >= 11 is 5.95. The molecular formula is C19H20ClN5O2. The molecule has 0 radical (unpaired) electrons. The quantitative estimate of drug-likeness (QED) is 0.425. The molecule has 0 saturated carbocycles. The van der Waals surface area contributed by atoms with Gasteiger partial charge in [-0.15, -0.1) is 6.58 Å². The summed E-state index contributed by atoms with van der Waals surface area (Å²) in [5.74, 6) is 0.629. The summed E-state index contributed by atoms with van der Waals surface area (Å²) in [5, 5.41) is 12.4. The van der Waals surface area contributed by atoms with Crippen molar-refractivity contribution in [3.05, 3.63) is 70.0 Å². The van der Waals surface area contributed by atoms with Gasteiger partial charge in [0, 0.05) is 31.7 Å². The van der Waals surface area contributed by atoms with E-state index in [2.05, 4.69) is 22.6 Å². The van der Waals surface area contributed by atoms with E-state index in [-0.39, 0.29) is 11.5 Å². The van der Waals surface area contributed by atoms with E-state index < -0.39 is 4.92 Å². The van der Waals surface area contributed by atoms with Crippen LogP contribution < -0.4 is 9.80 Å². The Morgan fingerprint density at radius 1 is 1.37 bits per heavy atom. The molecule has 7 nitrogen and oxygen atoms in total. The van der Waals surface area contributed by atoms with Crippen LogP contribution in [0.4, 0.5) is 17.3 Å². The topological polar surface area (TPSA) is 75.4 Å². The van der Waals surface area contributed by atoms with E-state index in [0.29, 0.717) is 30.5 Å². The van der Waals surface area contributed by atoms with Gasteiger partial charge in [-0.05, 0) is 29.7 Å². The molecule has 0 unspecified atom stereocenters. The van der Waals surface area contributed by atoms with Gasteiger partial charge in [-0.2, -0.15) is 0 Å². The summed E-state index contributed by atoms with van der Waals surface area (Å²) in [4.78, 5) is 23.2. The summed E-state index contributed by atoms with van der Waals surface area (Å²) < 4.78 is 0. The van der Waals surface area contributed by atoms with Crippen LogP contribution >= 0.6 is 11.6 Å². The van der Waals surface area contributed by atoms with E-state index >= 15 is 0 Å². The number of aromatic nitrogens is 2. The molecule has 0 saturated heterocycles. The van der Waals surface area contributed by atoms with Gasteiger partial charge in [0.1, 0.15) is 6.33 Å². The van der Waals surface area contributed by atoms with Gasteiger partial charge in [0.2, 0.25) is 11.6 Å². The Labute approximate surface area is 162 Å². The van der Waals surface area contributed by atoms with Crippen molar-refractivity contribution in [3.8, 4) is 0 Å². The summed E-state index contributed by atoms with van der Waals surface area (Å²) in [6.45, 7) is 5.31. The number of likely N-dealkylation sites (N-methyl/N-ethyl adjacent to an activating group) is 1. The third kappa shape index (κ3) is 4.09. The van der Waals surface area contributed by atoms with Crippen molar-refractivity contribution in [3.63, 3.8) is 0 Å². The van der Waals surface area contributed by atoms with Gasteiger partial charge in [-0.1, -0.05) is 35.9 Å². The molecule has 0 aliphatic carbocycles. The maximum atomic E-state index is 11.7. The van der Waals surface area contributed by atoms with Crippen LogP contribution in [0.5, 0.6) is 0 Å².